The number of nitrogens with zero attached hydrogens (tertiary/aromatic N) is 1. The van der Waals surface area contributed by atoms with Crippen molar-refractivity contribution in [1.82, 2.24) is 16.0 Å². The van der Waals surface area contributed by atoms with Gasteiger partial charge in [-0.3, -0.25) is 5.01 Å². The molecule has 1 aliphatic heterocycles. The monoisotopic (exact) mass is 127 g/mol. The van der Waals surface area contributed by atoms with E-state index in [1.165, 1.54) is 0 Å². The van der Waals surface area contributed by atoms with Gasteiger partial charge in [0, 0.05) is 17.9 Å². The third-order valence-corrected chi connectivity index (χ3v) is 1.27. The van der Waals surface area contributed by atoms with Crippen LogP contribution in [0.25, 0.3) is 0 Å². The molecule has 0 atom stereocenters. The van der Waals surface area contributed by atoms with Crippen LogP contribution in [-0.2, 0) is 0 Å². The van der Waals surface area contributed by atoms with Gasteiger partial charge in [-0.1, -0.05) is 0 Å². The molecule has 0 aromatic carbocycles. The number of hydrogen-bond donors (Lipinski definition) is 2. The van der Waals surface area contributed by atoms with Crippen LogP contribution in [0, 0.1) is 0 Å². The minimum Gasteiger partial charge on any atom is -0.307 e. The maximum Gasteiger partial charge on any atom is 0.0422 e. The molecule has 0 aliphatic carbocycles. The van der Waals surface area contributed by atoms with Crippen LogP contribution >= 0.6 is 0 Å². The summed E-state index contributed by atoms with van der Waals surface area (Å²) in [5, 5.41) is 2.02. The Hall–Kier alpha value is -0.700. The van der Waals surface area contributed by atoms with Crippen molar-refractivity contribution in [2.75, 3.05) is 0 Å². The molecule has 3 heteroatoms. The van der Waals surface area contributed by atoms with Gasteiger partial charge in [0.15, 0.2) is 0 Å². The van der Waals surface area contributed by atoms with E-state index in [-0.39, 0.29) is 0 Å². The van der Waals surface area contributed by atoms with Crippen molar-refractivity contribution >= 4 is 0 Å². The molecule has 1 rings (SSSR count). The number of allylic oxidation sites excluding steroid dienone is 1. The van der Waals surface area contributed by atoms with Gasteiger partial charge in [0.2, 0.25) is 0 Å². The Morgan fingerprint density at radius 1 is 1.56 bits per heavy atom. The van der Waals surface area contributed by atoms with Gasteiger partial charge < -0.3 is 5.43 Å². The van der Waals surface area contributed by atoms with Crippen molar-refractivity contribution in [2.24, 2.45) is 0 Å². The Kier molecular flexibility index (Phi) is 1.62. The second-order valence-electron chi connectivity index (χ2n) is 2.55. The normalized spacial score (nSPS) is 18.2. The van der Waals surface area contributed by atoms with Crippen molar-refractivity contribution in [2.45, 2.75) is 26.8 Å². The Balaban J connectivity index is 2.47. The molecule has 9 heavy (non-hydrogen) atoms. The Bertz CT molecular complexity index is 128. The zero-order valence-electron chi connectivity index (χ0n) is 6.10. The van der Waals surface area contributed by atoms with Crippen molar-refractivity contribution in [3.05, 3.63) is 11.9 Å². The lowest BCUT2D eigenvalue weighted by atomic mass is 10.4. The summed E-state index contributed by atoms with van der Waals surface area (Å²) in [4.78, 5) is 0. The van der Waals surface area contributed by atoms with Crippen molar-refractivity contribution < 1.29 is 0 Å². The average Bonchev–Trinajstić information content (AvgIpc) is 2.14. The van der Waals surface area contributed by atoms with E-state index in [4.69, 9.17) is 0 Å². The van der Waals surface area contributed by atoms with Crippen LogP contribution in [0.1, 0.15) is 20.8 Å². The third kappa shape index (κ3) is 1.36. The largest absolute Gasteiger partial charge is 0.307 e. The summed E-state index contributed by atoms with van der Waals surface area (Å²) in [7, 11) is 0. The highest BCUT2D eigenvalue weighted by atomic mass is 15.7. The van der Waals surface area contributed by atoms with Crippen LogP contribution in [0.4, 0.5) is 0 Å². The lowest BCUT2D eigenvalue weighted by Crippen LogP contribution is -2.40. The molecule has 0 saturated heterocycles. The minimum absolute atomic E-state index is 0.509. The summed E-state index contributed by atoms with van der Waals surface area (Å²) in [6, 6.07) is 0.509. The highest BCUT2D eigenvalue weighted by molar-refractivity contribution is 4.97. The first-order valence-electron chi connectivity index (χ1n) is 3.18. The molecule has 0 fully saturated rings. The molecule has 0 radical (unpaired) electrons. The molecule has 52 valence electrons. The summed E-state index contributed by atoms with van der Waals surface area (Å²) in [5.41, 5.74) is 7.14. The van der Waals surface area contributed by atoms with Gasteiger partial charge >= 0.3 is 0 Å². The predicted molar refractivity (Wildman–Crippen MR) is 37.0 cm³/mol. The Labute approximate surface area is 55.7 Å². The molecular formula is C6H13N3. The highest BCUT2D eigenvalue weighted by Crippen LogP contribution is 2.01. The smallest absolute Gasteiger partial charge is 0.0422 e. The van der Waals surface area contributed by atoms with Crippen LogP contribution in [0.2, 0.25) is 0 Å². The predicted octanol–water partition coefficient (Wildman–Crippen LogP) is 0.581. The fraction of sp³-hybridized carbons (Fsp3) is 0.667. The number of hydrazine groups is 2. The van der Waals surface area contributed by atoms with Crippen LogP contribution in [-0.4, -0.2) is 11.1 Å². The highest BCUT2D eigenvalue weighted by Gasteiger charge is 2.08. The van der Waals surface area contributed by atoms with E-state index in [1.807, 2.05) is 18.1 Å². The summed E-state index contributed by atoms with van der Waals surface area (Å²) in [6.45, 7) is 6.28. The standard InChI is InChI=1S/C6H13N3/c1-5(2)9-4-6(3)7-8-9/h4-5,7-8H,1-3H3. The first-order chi connectivity index (χ1) is 4.20. The summed E-state index contributed by atoms with van der Waals surface area (Å²) in [5.74, 6) is 0. The third-order valence-electron chi connectivity index (χ3n) is 1.27. The maximum absolute atomic E-state index is 3.00. The van der Waals surface area contributed by atoms with Crippen LogP contribution in [0.3, 0.4) is 0 Å². The molecule has 0 saturated carbocycles. The van der Waals surface area contributed by atoms with Crippen molar-refractivity contribution in [3.8, 4) is 0 Å². The summed E-state index contributed by atoms with van der Waals surface area (Å²) >= 11 is 0. The average molecular weight is 127 g/mol. The fourth-order valence-corrected chi connectivity index (χ4v) is 0.704. The lowest BCUT2D eigenvalue weighted by Gasteiger charge is -2.18. The molecule has 0 spiro atoms. The Morgan fingerprint density at radius 3 is 2.44 bits per heavy atom. The van der Waals surface area contributed by atoms with E-state index in [0.717, 1.165) is 5.70 Å². The second-order valence-corrected chi connectivity index (χ2v) is 2.55. The van der Waals surface area contributed by atoms with E-state index in [2.05, 4.69) is 24.8 Å². The van der Waals surface area contributed by atoms with Gasteiger partial charge in [0.25, 0.3) is 0 Å². The van der Waals surface area contributed by atoms with Gasteiger partial charge in [0.05, 0.1) is 0 Å². The van der Waals surface area contributed by atoms with E-state index in [9.17, 15) is 0 Å². The van der Waals surface area contributed by atoms with E-state index in [1.54, 1.807) is 0 Å². The lowest BCUT2D eigenvalue weighted by molar-refractivity contribution is 0.221. The number of rotatable bonds is 1. The number of nitrogens with one attached hydrogen (secondary N) is 2. The van der Waals surface area contributed by atoms with Crippen molar-refractivity contribution in [3.63, 3.8) is 0 Å². The molecule has 0 unspecified atom stereocenters. The van der Waals surface area contributed by atoms with Gasteiger partial charge in [0.1, 0.15) is 0 Å². The van der Waals surface area contributed by atoms with Gasteiger partial charge in [-0.2, -0.15) is 0 Å². The van der Waals surface area contributed by atoms with Crippen LogP contribution in [0.5, 0.6) is 0 Å². The molecule has 1 aliphatic rings. The molecule has 0 amide bonds. The quantitative estimate of drug-likeness (QED) is 0.539. The molecule has 1 heterocycles. The zero-order valence-corrected chi connectivity index (χ0v) is 6.10. The molecule has 0 bridgehead atoms. The summed E-state index contributed by atoms with van der Waals surface area (Å²) < 4.78 is 0. The van der Waals surface area contributed by atoms with Gasteiger partial charge in [-0.05, 0) is 20.8 Å². The van der Waals surface area contributed by atoms with Gasteiger partial charge in [-0.25, -0.2) is 0 Å². The second kappa shape index (κ2) is 2.27. The Morgan fingerprint density at radius 2 is 2.22 bits per heavy atom. The van der Waals surface area contributed by atoms with E-state index in [0.29, 0.717) is 6.04 Å². The molecule has 0 aromatic heterocycles. The summed E-state index contributed by atoms with van der Waals surface area (Å²) in [6.07, 6.45) is 2.05. The SMILES string of the molecule is CC1=CN(C(C)C)NN1. The van der Waals surface area contributed by atoms with Crippen LogP contribution < -0.4 is 11.0 Å². The first kappa shape index (κ1) is 6.42. The minimum atomic E-state index is 0.509. The van der Waals surface area contributed by atoms with Crippen LogP contribution in [0.15, 0.2) is 11.9 Å². The zero-order chi connectivity index (χ0) is 6.85. The molecule has 0 aromatic rings. The molecule has 2 N–H and O–H groups in total. The van der Waals surface area contributed by atoms with Crippen molar-refractivity contribution in [1.29, 1.82) is 0 Å². The molecular weight excluding hydrogens is 114 g/mol. The number of hydrogen-bond acceptors (Lipinski definition) is 3. The molecule has 3 nitrogen and oxygen atoms in total. The maximum atomic E-state index is 3.00. The fourth-order valence-electron chi connectivity index (χ4n) is 0.704. The topological polar surface area (TPSA) is 27.3 Å². The first-order valence-corrected chi connectivity index (χ1v) is 3.18. The van der Waals surface area contributed by atoms with E-state index < -0.39 is 0 Å². The van der Waals surface area contributed by atoms with E-state index >= 15 is 0 Å². The van der Waals surface area contributed by atoms with Gasteiger partial charge in [-0.15, -0.1) is 5.53 Å².